The summed E-state index contributed by atoms with van der Waals surface area (Å²) in [6, 6.07) is 6.64. The van der Waals surface area contributed by atoms with Crippen molar-refractivity contribution >= 4 is 12.2 Å². The maximum Gasteiger partial charge on any atom is 0.248 e. The van der Waals surface area contributed by atoms with E-state index in [-0.39, 0.29) is 12.4 Å². The van der Waals surface area contributed by atoms with Crippen LogP contribution in [0.3, 0.4) is 0 Å². The zero-order valence-corrected chi connectivity index (χ0v) is 11.3. The second-order valence-electron chi connectivity index (χ2n) is 4.51. The summed E-state index contributed by atoms with van der Waals surface area (Å²) in [6.07, 6.45) is 0.641. The first kappa shape index (κ1) is 13.9. The lowest BCUT2D eigenvalue weighted by atomic mass is 10.1. The number of hydrogen-bond donors (Lipinski definition) is 1. The highest BCUT2D eigenvalue weighted by atomic mass is 16.5. The van der Waals surface area contributed by atoms with Gasteiger partial charge in [-0.05, 0) is 49.2 Å². The van der Waals surface area contributed by atoms with E-state index in [0.717, 1.165) is 11.1 Å². The van der Waals surface area contributed by atoms with Crippen molar-refractivity contribution in [3.63, 3.8) is 0 Å². The molecular weight excluding hydrogens is 258 g/mol. The molecule has 20 heavy (non-hydrogen) atoms. The predicted octanol–water partition coefficient (Wildman–Crippen LogP) is 2.39. The lowest BCUT2D eigenvalue weighted by Gasteiger charge is -2.12. The molecule has 1 aromatic heterocycles. The van der Waals surface area contributed by atoms with Gasteiger partial charge in [-0.25, -0.2) is 0 Å². The van der Waals surface area contributed by atoms with Crippen LogP contribution >= 0.6 is 0 Å². The monoisotopic (exact) mass is 273 g/mol. The molecule has 0 aliphatic rings. The number of furan rings is 1. The summed E-state index contributed by atoms with van der Waals surface area (Å²) >= 11 is 0. The van der Waals surface area contributed by atoms with Crippen LogP contribution in [0.25, 0.3) is 0 Å². The molecule has 0 bridgehead atoms. The van der Waals surface area contributed by atoms with Crippen molar-refractivity contribution in [3.8, 4) is 5.75 Å². The Morgan fingerprint density at radius 3 is 2.45 bits per heavy atom. The summed E-state index contributed by atoms with van der Waals surface area (Å²) < 4.78 is 10.9. The molecule has 2 aromatic rings. The summed E-state index contributed by atoms with van der Waals surface area (Å²) in [7, 11) is 0. The maximum atomic E-state index is 11.2. The fourth-order valence-corrected chi connectivity index (χ4v) is 2.00. The summed E-state index contributed by atoms with van der Waals surface area (Å²) in [5, 5.41) is 0. The minimum Gasteiger partial charge on any atom is -0.485 e. The summed E-state index contributed by atoms with van der Waals surface area (Å²) in [6.45, 7) is 3.90. The number of carbonyl (C=O) groups excluding carboxylic acids is 2. The zero-order chi connectivity index (χ0) is 14.7. The van der Waals surface area contributed by atoms with Crippen molar-refractivity contribution in [2.45, 2.75) is 20.5 Å². The quantitative estimate of drug-likeness (QED) is 0.848. The van der Waals surface area contributed by atoms with E-state index in [4.69, 9.17) is 14.9 Å². The Morgan fingerprint density at radius 1 is 1.30 bits per heavy atom. The molecule has 5 nitrogen and oxygen atoms in total. The number of aryl methyl sites for hydroxylation is 2. The third-order valence-corrected chi connectivity index (χ3v) is 2.90. The van der Waals surface area contributed by atoms with E-state index >= 15 is 0 Å². The van der Waals surface area contributed by atoms with Crippen LogP contribution in [0.15, 0.2) is 28.7 Å². The lowest BCUT2D eigenvalue weighted by molar-refractivity contribution is 0.0999. The molecule has 0 fully saturated rings. The predicted molar refractivity (Wildman–Crippen MR) is 72.9 cm³/mol. The van der Waals surface area contributed by atoms with Gasteiger partial charge in [-0.2, -0.15) is 0 Å². The van der Waals surface area contributed by atoms with Crippen molar-refractivity contribution in [2.24, 2.45) is 5.73 Å². The topological polar surface area (TPSA) is 82.5 Å². The molecule has 1 aromatic carbocycles. The van der Waals surface area contributed by atoms with Crippen LogP contribution in [0.5, 0.6) is 5.75 Å². The van der Waals surface area contributed by atoms with E-state index in [9.17, 15) is 9.59 Å². The third-order valence-electron chi connectivity index (χ3n) is 2.90. The van der Waals surface area contributed by atoms with Gasteiger partial charge in [0.1, 0.15) is 18.1 Å². The Morgan fingerprint density at radius 2 is 1.95 bits per heavy atom. The minimum atomic E-state index is -0.468. The molecule has 0 aliphatic heterocycles. The molecule has 104 valence electrons. The molecule has 0 saturated carbocycles. The Labute approximate surface area is 116 Å². The highest BCUT2D eigenvalue weighted by Crippen LogP contribution is 2.25. The van der Waals surface area contributed by atoms with E-state index < -0.39 is 5.91 Å². The van der Waals surface area contributed by atoms with Crippen molar-refractivity contribution < 1.29 is 18.7 Å². The van der Waals surface area contributed by atoms with Gasteiger partial charge in [0.25, 0.3) is 0 Å². The molecular formula is C15H15NO4. The Kier molecular flexibility index (Phi) is 3.89. The second kappa shape index (κ2) is 5.61. The molecule has 0 spiro atoms. The highest BCUT2D eigenvalue weighted by Gasteiger charge is 2.10. The molecule has 2 rings (SSSR count). The van der Waals surface area contributed by atoms with Gasteiger partial charge >= 0.3 is 0 Å². The van der Waals surface area contributed by atoms with Gasteiger partial charge in [-0.15, -0.1) is 0 Å². The number of ether oxygens (including phenoxy) is 1. The highest BCUT2D eigenvalue weighted by molar-refractivity contribution is 5.93. The SMILES string of the molecule is Cc1cc(C(N)=O)cc(C)c1OCc1ccc(C=O)o1. The fourth-order valence-electron chi connectivity index (χ4n) is 2.00. The molecule has 2 N–H and O–H groups in total. The number of rotatable bonds is 5. The molecule has 0 aliphatic carbocycles. The van der Waals surface area contributed by atoms with Crippen molar-refractivity contribution in [1.82, 2.24) is 0 Å². The number of carbonyl (C=O) groups is 2. The van der Waals surface area contributed by atoms with Gasteiger partial charge in [0, 0.05) is 5.56 Å². The lowest BCUT2D eigenvalue weighted by Crippen LogP contribution is -2.12. The van der Waals surface area contributed by atoms with E-state index in [1.54, 1.807) is 24.3 Å². The first-order valence-corrected chi connectivity index (χ1v) is 6.09. The molecule has 1 amide bonds. The molecule has 0 atom stereocenters. The number of nitrogens with two attached hydrogens (primary N) is 1. The van der Waals surface area contributed by atoms with E-state index in [1.165, 1.54) is 0 Å². The van der Waals surface area contributed by atoms with Crippen molar-refractivity contribution in [1.29, 1.82) is 0 Å². The number of benzene rings is 1. The van der Waals surface area contributed by atoms with Crippen LogP contribution in [-0.2, 0) is 6.61 Å². The molecule has 0 radical (unpaired) electrons. The number of primary amides is 1. The first-order valence-electron chi connectivity index (χ1n) is 6.09. The standard InChI is InChI=1S/C15H15NO4/c1-9-5-11(15(16)18)6-10(2)14(9)19-8-13-4-3-12(7-17)20-13/h3-7H,8H2,1-2H3,(H2,16,18). The van der Waals surface area contributed by atoms with Gasteiger partial charge in [0.2, 0.25) is 5.91 Å². The average Bonchev–Trinajstić information content (AvgIpc) is 2.85. The number of aldehydes is 1. The normalized spacial score (nSPS) is 10.3. The van der Waals surface area contributed by atoms with E-state index in [2.05, 4.69) is 0 Å². The Bertz CT molecular complexity index is 635. The van der Waals surface area contributed by atoms with Gasteiger partial charge in [0.15, 0.2) is 12.0 Å². The van der Waals surface area contributed by atoms with E-state index in [1.807, 2.05) is 13.8 Å². The van der Waals surface area contributed by atoms with Gasteiger partial charge in [0.05, 0.1) is 0 Å². The van der Waals surface area contributed by atoms with Crippen LogP contribution in [0.4, 0.5) is 0 Å². The largest absolute Gasteiger partial charge is 0.485 e. The number of amides is 1. The molecule has 1 heterocycles. The summed E-state index contributed by atoms with van der Waals surface area (Å²) in [5.74, 6) is 1.04. The summed E-state index contributed by atoms with van der Waals surface area (Å²) in [4.78, 5) is 21.7. The maximum absolute atomic E-state index is 11.2. The Balaban J connectivity index is 2.17. The van der Waals surface area contributed by atoms with Crippen LogP contribution in [0, 0.1) is 13.8 Å². The van der Waals surface area contributed by atoms with Gasteiger partial charge < -0.3 is 14.9 Å². The van der Waals surface area contributed by atoms with Crippen molar-refractivity contribution in [3.05, 3.63) is 52.5 Å². The Hall–Kier alpha value is -2.56. The van der Waals surface area contributed by atoms with Gasteiger partial charge in [-0.1, -0.05) is 0 Å². The zero-order valence-electron chi connectivity index (χ0n) is 11.3. The number of hydrogen-bond acceptors (Lipinski definition) is 4. The molecule has 5 heteroatoms. The van der Waals surface area contributed by atoms with Crippen LogP contribution < -0.4 is 10.5 Å². The summed E-state index contributed by atoms with van der Waals surface area (Å²) in [5.41, 5.74) is 7.35. The first-order chi connectivity index (χ1) is 9.51. The van der Waals surface area contributed by atoms with Crippen LogP contribution in [-0.4, -0.2) is 12.2 Å². The van der Waals surface area contributed by atoms with Crippen molar-refractivity contribution in [2.75, 3.05) is 0 Å². The molecule has 0 unspecified atom stereocenters. The minimum absolute atomic E-state index is 0.214. The third kappa shape index (κ3) is 2.88. The van der Waals surface area contributed by atoms with Crippen LogP contribution in [0.1, 0.15) is 37.8 Å². The van der Waals surface area contributed by atoms with Gasteiger partial charge in [-0.3, -0.25) is 9.59 Å². The smallest absolute Gasteiger partial charge is 0.248 e. The molecule has 0 saturated heterocycles. The van der Waals surface area contributed by atoms with Crippen LogP contribution in [0.2, 0.25) is 0 Å². The fraction of sp³-hybridized carbons (Fsp3) is 0.200. The van der Waals surface area contributed by atoms with E-state index in [0.29, 0.717) is 23.4 Å². The average molecular weight is 273 g/mol. The second-order valence-corrected chi connectivity index (χ2v) is 4.51.